The van der Waals surface area contributed by atoms with E-state index < -0.39 is 0 Å². The van der Waals surface area contributed by atoms with Crippen LogP contribution in [-0.2, 0) is 0 Å². The molecule has 146 valence electrons. The Morgan fingerprint density at radius 1 is 0.516 bits per heavy atom. The molecular weight excluding hydrogens is 396 g/mol. The molecule has 2 nitrogen and oxygen atoms in total. The Kier molecular flexibility index (Phi) is 4.33. The van der Waals surface area contributed by atoms with Gasteiger partial charge in [0.05, 0.1) is 15.9 Å². The average Bonchev–Trinajstić information content (AvgIpc) is 3.23. The van der Waals surface area contributed by atoms with E-state index in [-0.39, 0.29) is 0 Å². The summed E-state index contributed by atoms with van der Waals surface area (Å²) in [5.74, 6) is 0.757. The number of fused-ring (bicyclic) bond motifs is 3. The van der Waals surface area contributed by atoms with Crippen molar-refractivity contribution in [2.45, 2.75) is 0 Å². The summed E-state index contributed by atoms with van der Waals surface area (Å²) in [6.07, 6.45) is 0. The molecule has 3 heteroatoms. The maximum absolute atomic E-state index is 5.07. The number of thiophene rings is 1. The molecule has 0 aliphatic rings. The fourth-order valence-electron chi connectivity index (χ4n) is 3.98. The van der Waals surface area contributed by atoms with Crippen LogP contribution >= 0.6 is 11.3 Å². The van der Waals surface area contributed by atoms with Crippen molar-refractivity contribution in [2.24, 2.45) is 0 Å². The Morgan fingerprint density at radius 2 is 1.16 bits per heavy atom. The number of hydrogen-bond acceptors (Lipinski definition) is 3. The minimum Gasteiger partial charge on any atom is -0.226 e. The van der Waals surface area contributed by atoms with Gasteiger partial charge in [-0.05, 0) is 23.3 Å². The highest BCUT2D eigenvalue weighted by Gasteiger charge is 2.16. The average molecular weight is 415 g/mol. The second-order valence-corrected chi connectivity index (χ2v) is 8.54. The predicted octanol–water partition coefficient (Wildman–Crippen LogP) is 7.85. The monoisotopic (exact) mass is 414 g/mol. The van der Waals surface area contributed by atoms with E-state index in [9.17, 15) is 0 Å². The normalized spacial score (nSPS) is 11.2. The van der Waals surface area contributed by atoms with E-state index in [1.807, 2.05) is 12.1 Å². The van der Waals surface area contributed by atoms with Crippen molar-refractivity contribution in [1.29, 1.82) is 0 Å². The number of rotatable bonds is 3. The maximum atomic E-state index is 5.07. The fourth-order valence-corrected chi connectivity index (χ4v) is 5.13. The van der Waals surface area contributed by atoms with Crippen LogP contribution in [0.3, 0.4) is 0 Å². The van der Waals surface area contributed by atoms with Crippen molar-refractivity contribution in [3.63, 3.8) is 0 Å². The fraction of sp³-hybridized carbons (Fsp3) is 0. The lowest BCUT2D eigenvalue weighted by atomic mass is 10.0. The summed E-state index contributed by atoms with van der Waals surface area (Å²) < 4.78 is 2.37. The third kappa shape index (κ3) is 3.20. The standard InChI is InChI=1S/C28H18N2S/c1-3-10-19(11-4-1)21-14-9-15-22(18-21)28-29-25(20-12-5-2-6-13-20)27-26(30-28)23-16-7-8-17-24(23)31-27/h1-18H. The molecule has 0 fully saturated rings. The summed E-state index contributed by atoms with van der Waals surface area (Å²) in [6.45, 7) is 0. The van der Waals surface area contributed by atoms with Gasteiger partial charge in [0.1, 0.15) is 0 Å². The summed E-state index contributed by atoms with van der Waals surface area (Å²) in [6, 6.07) is 37.8. The van der Waals surface area contributed by atoms with Gasteiger partial charge in [0, 0.05) is 21.2 Å². The van der Waals surface area contributed by atoms with Gasteiger partial charge in [-0.15, -0.1) is 11.3 Å². The van der Waals surface area contributed by atoms with E-state index in [1.54, 1.807) is 11.3 Å². The molecule has 2 aromatic heterocycles. The second-order valence-electron chi connectivity index (χ2n) is 7.48. The van der Waals surface area contributed by atoms with E-state index in [2.05, 4.69) is 97.1 Å². The maximum Gasteiger partial charge on any atom is 0.160 e. The summed E-state index contributed by atoms with van der Waals surface area (Å²) in [5.41, 5.74) is 6.51. The molecule has 0 radical (unpaired) electrons. The van der Waals surface area contributed by atoms with Crippen molar-refractivity contribution in [3.05, 3.63) is 109 Å². The summed E-state index contributed by atoms with van der Waals surface area (Å²) in [4.78, 5) is 10.1. The highest BCUT2D eigenvalue weighted by molar-refractivity contribution is 7.26. The zero-order valence-corrected chi connectivity index (χ0v) is 17.5. The lowest BCUT2D eigenvalue weighted by Crippen LogP contribution is -1.93. The summed E-state index contributed by atoms with van der Waals surface area (Å²) >= 11 is 1.76. The van der Waals surface area contributed by atoms with Gasteiger partial charge in [-0.25, -0.2) is 9.97 Å². The topological polar surface area (TPSA) is 25.8 Å². The van der Waals surface area contributed by atoms with Crippen molar-refractivity contribution < 1.29 is 0 Å². The summed E-state index contributed by atoms with van der Waals surface area (Å²) in [5, 5.41) is 1.18. The molecule has 0 spiro atoms. The van der Waals surface area contributed by atoms with Crippen LogP contribution in [0.1, 0.15) is 0 Å². The van der Waals surface area contributed by atoms with Crippen molar-refractivity contribution in [1.82, 2.24) is 9.97 Å². The molecule has 0 saturated carbocycles. The van der Waals surface area contributed by atoms with Gasteiger partial charge in [0.15, 0.2) is 5.82 Å². The zero-order chi connectivity index (χ0) is 20.6. The van der Waals surface area contributed by atoms with Gasteiger partial charge in [-0.2, -0.15) is 0 Å². The Hall–Kier alpha value is -3.82. The third-order valence-corrected chi connectivity index (χ3v) is 6.66. The Morgan fingerprint density at radius 3 is 1.97 bits per heavy atom. The minimum atomic E-state index is 0.757. The number of nitrogens with zero attached hydrogens (tertiary/aromatic N) is 2. The van der Waals surface area contributed by atoms with Crippen LogP contribution in [0.2, 0.25) is 0 Å². The van der Waals surface area contributed by atoms with E-state index in [0.717, 1.165) is 32.9 Å². The molecule has 0 aliphatic heterocycles. The van der Waals surface area contributed by atoms with Crippen LogP contribution in [0.15, 0.2) is 109 Å². The lowest BCUT2D eigenvalue weighted by molar-refractivity contribution is 1.24. The summed E-state index contributed by atoms with van der Waals surface area (Å²) in [7, 11) is 0. The molecule has 0 atom stereocenters. The van der Waals surface area contributed by atoms with Crippen LogP contribution in [0, 0.1) is 0 Å². The van der Waals surface area contributed by atoms with Gasteiger partial charge in [-0.3, -0.25) is 0 Å². The van der Waals surface area contributed by atoms with Gasteiger partial charge < -0.3 is 0 Å². The quantitative estimate of drug-likeness (QED) is 0.295. The molecule has 31 heavy (non-hydrogen) atoms. The van der Waals surface area contributed by atoms with Crippen LogP contribution < -0.4 is 0 Å². The molecule has 0 aliphatic carbocycles. The van der Waals surface area contributed by atoms with E-state index in [4.69, 9.17) is 9.97 Å². The van der Waals surface area contributed by atoms with Crippen molar-refractivity contribution >= 4 is 31.6 Å². The highest BCUT2D eigenvalue weighted by Crippen LogP contribution is 2.39. The van der Waals surface area contributed by atoms with Gasteiger partial charge >= 0.3 is 0 Å². The van der Waals surface area contributed by atoms with E-state index in [0.29, 0.717) is 0 Å². The number of aromatic nitrogens is 2. The number of hydrogen-bond donors (Lipinski definition) is 0. The van der Waals surface area contributed by atoms with Gasteiger partial charge in [0.25, 0.3) is 0 Å². The Balaban J connectivity index is 1.62. The highest BCUT2D eigenvalue weighted by atomic mass is 32.1. The molecule has 0 bridgehead atoms. The largest absolute Gasteiger partial charge is 0.226 e. The van der Waals surface area contributed by atoms with Crippen molar-refractivity contribution in [2.75, 3.05) is 0 Å². The Labute approximate surface area is 184 Å². The first-order valence-corrected chi connectivity index (χ1v) is 11.1. The van der Waals surface area contributed by atoms with Crippen LogP contribution in [-0.4, -0.2) is 9.97 Å². The Bertz CT molecular complexity index is 1520. The van der Waals surface area contributed by atoms with Crippen molar-refractivity contribution in [3.8, 4) is 33.8 Å². The zero-order valence-electron chi connectivity index (χ0n) is 16.7. The third-order valence-electron chi connectivity index (χ3n) is 5.49. The predicted molar refractivity (Wildman–Crippen MR) is 131 cm³/mol. The smallest absolute Gasteiger partial charge is 0.160 e. The second kappa shape index (κ2) is 7.46. The lowest BCUT2D eigenvalue weighted by Gasteiger charge is -2.08. The molecule has 0 unspecified atom stereocenters. The first-order chi connectivity index (χ1) is 15.4. The molecule has 0 N–H and O–H groups in total. The first-order valence-electron chi connectivity index (χ1n) is 10.3. The molecule has 4 aromatic carbocycles. The van der Waals surface area contributed by atoms with E-state index >= 15 is 0 Å². The molecule has 0 amide bonds. The minimum absolute atomic E-state index is 0.757. The van der Waals surface area contributed by atoms with Crippen LogP contribution in [0.4, 0.5) is 0 Å². The molecule has 6 rings (SSSR count). The van der Waals surface area contributed by atoms with E-state index in [1.165, 1.54) is 21.2 Å². The molecular formula is C28H18N2S. The number of benzene rings is 4. The van der Waals surface area contributed by atoms with Gasteiger partial charge in [0.2, 0.25) is 0 Å². The van der Waals surface area contributed by atoms with Gasteiger partial charge in [-0.1, -0.05) is 97.1 Å². The first kappa shape index (κ1) is 18.0. The SMILES string of the molecule is c1ccc(-c2cccc(-c3nc(-c4ccccc4)c4sc5ccccc5c4n3)c2)cc1. The molecule has 0 saturated heterocycles. The molecule has 6 aromatic rings. The van der Waals surface area contributed by atoms with Crippen LogP contribution in [0.5, 0.6) is 0 Å². The molecule has 2 heterocycles. The van der Waals surface area contributed by atoms with Crippen LogP contribution in [0.25, 0.3) is 54.1 Å².